The molecule has 0 saturated carbocycles. The predicted octanol–water partition coefficient (Wildman–Crippen LogP) is 4.23. The van der Waals surface area contributed by atoms with Crippen LogP contribution < -0.4 is 5.32 Å². The van der Waals surface area contributed by atoms with Gasteiger partial charge in [-0.2, -0.15) is 0 Å². The standard InChI is InChI=1S/C15H14BrF2N/c1-19-14(9-10-5-7-11(16)8-6-10)12-3-2-4-13(17)15(12)18/h2-8,14,19H,9H2,1H3. The van der Waals surface area contributed by atoms with Crippen molar-refractivity contribution in [2.75, 3.05) is 7.05 Å². The van der Waals surface area contributed by atoms with Gasteiger partial charge < -0.3 is 5.32 Å². The van der Waals surface area contributed by atoms with E-state index < -0.39 is 11.6 Å². The fourth-order valence-corrected chi connectivity index (χ4v) is 2.28. The quantitative estimate of drug-likeness (QED) is 0.887. The smallest absolute Gasteiger partial charge is 0.163 e. The minimum absolute atomic E-state index is 0.253. The largest absolute Gasteiger partial charge is 0.313 e. The molecule has 1 nitrogen and oxygen atoms in total. The van der Waals surface area contributed by atoms with Crippen molar-refractivity contribution >= 4 is 15.9 Å². The molecule has 0 aromatic heterocycles. The number of hydrogen-bond acceptors (Lipinski definition) is 1. The Balaban J connectivity index is 2.25. The minimum atomic E-state index is -0.812. The number of hydrogen-bond donors (Lipinski definition) is 1. The normalized spacial score (nSPS) is 12.4. The summed E-state index contributed by atoms with van der Waals surface area (Å²) < 4.78 is 28.0. The second kappa shape index (κ2) is 6.26. The van der Waals surface area contributed by atoms with Gasteiger partial charge in [-0.15, -0.1) is 0 Å². The summed E-state index contributed by atoms with van der Waals surface area (Å²) in [5.41, 5.74) is 1.41. The first-order valence-electron chi connectivity index (χ1n) is 5.97. The highest BCUT2D eigenvalue weighted by atomic mass is 79.9. The number of benzene rings is 2. The minimum Gasteiger partial charge on any atom is -0.313 e. The van der Waals surface area contributed by atoms with Crippen LogP contribution >= 0.6 is 15.9 Å². The van der Waals surface area contributed by atoms with Crippen LogP contribution in [0.3, 0.4) is 0 Å². The fraction of sp³-hybridized carbons (Fsp3) is 0.200. The maximum Gasteiger partial charge on any atom is 0.163 e. The average molecular weight is 326 g/mol. The van der Waals surface area contributed by atoms with Gasteiger partial charge in [0.15, 0.2) is 11.6 Å². The summed E-state index contributed by atoms with van der Waals surface area (Å²) in [5.74, 6) is -1.59. The van der Waals surface area contributed by atoms with E-state index in [4.69, 9.17) is 0 Å². The lowest BCUT2D eigenvalue weighted by Gasteiger charge is -2.17. The van der Waals surface area contributed by atoms with Crippen molar-refractivity contribution in [2.24, 2.45) is 0 Å². The van der Waals surface area contributed by atoms with E-state index >= 15 is 0 Å². The number of rotatable bonds is 4. The molecule has 2 rings (SSSR count). The molecule has 0 aliphatic heterocycles. The summed E-state index contributed by atoms with van der Waals surface area (Å²) >= 11 is 3.37. The molecule has 0 fully saturated rings. The molecule has 1 unspecified atom stereocenters. The van der Waals surface area contributed by atoms with Crippen molar-refractivity contribution in [1.82, 2.24) is 5.32 Å². The van der Waals surface area contributed by atoms with Crippen LogP contribution in [0.25, 0.3) is 0 Å². The van der Waals surface area contributed by atoms with E-state index in [0.29, 0.717) is 12.0 Å². The summed E-state index contributed by atoms with van der Waals surface area (Å²) in [5, 5.41) is 3.03. The molecule has 0 radical (unpaired) electrons. The van der Waals surface area contributed by atoms with Gasteiger partial charge in [-0.25, -0.2) is 8.78 Å². The van der Waals surface area contributed by atoms with Gasteiger partial charge in [0.25, 0.3) is 0 Å². The Morgan fingerprint density at radius 2 is 1.79 bits per heavy atom. The van der Waals surface area contributed by atoms with E-state index in [0.717, 1.165) is 16.1 Å². The third-order valence-electron chi connectivity index (χ3n) is 3.06. The number of halogens is 3. The zero-order valence-corrected chi connectivity index (χ0v) is 12.0. The highest BCUT2D eigenvalue weighted by molar-refractivity contribution is 9.10. The molecule has 4 heteroatoms. The van der Waals surface area contributed by atoms with Gasteiger partial charge in [0, 0.05) is 16.1 Å². The molecule has 2 aromatic carbocycles. The maximum atomic E-state index is 13.8. The Morgan fingerprint density at radius 3 is 2.42 bits per heavy atom. The Bertz CT molecular complexity index is 555. The van der Waals surface area contributed by atoms with Crippen molar-refractivity contribution < 1.29 is 8.78 Å². The molecule has 0 aliphatic rings. The topological polar surface area (TPSA) is 12.0 Å². The van der Waals surface area contributed by atoms with Crippen LogP contribution in [0.2, 0.25) is 0 Å². The lowest BCUT2D eigenvalue weighted by atomic mass is 9.98. The molecule has 0 heterocycles. The van der Waals surface area contributed by atoms with Gasteiger partial charge >= 0.3 is 0 Å². The molecule has 0 amide bonds. The average Bonchev–Trinajstić information content (AvgIpc) is 2.42. The van der Waals surface area contributed by atoms with E-state index in [2.05, 4.69) is 21.2 Å². The predicted molar refractivity (Wildman–Crippen MR) is 76.0 cm³/mol. The van der Waals surface area contributed by atoms with E-state index in [9.17, 15) is 8.78 Å². The van der Waals surface area contributed by atoms with Crippen molar-refractivity contribution in [3.8, 4) is 0 Å². The Hall–Kier alpha value is -1.26. The second-order valence-electron chi connectivity index (χ2n) is 4.31. The monoisotopic (exact) mass is 325 g/mol. The molecule has 1 N–H and O–H groups in total. The SMILES string of the molecule is CNC(Cc1ccc(Br)cc1)c1cccc(F)c1F. The van der Waals surface area contributed by atoms with Gasteiger partial charge in [0.1, 0.15) is 0 Å². The van der Waals surface area contributed by atoms with Crippen LogP contribution in [0, 0.1) is 11.6 Å². The molecule has 0 bridgehead atoms. The summed E-state index contributed by atoms with van der Waals surface area (Å²) in [7, 11) is 1.74. The Kier molecular flexibility index (Phi) is 4.66. The van der Waals surface area contributed by atoms with Gasteiger partial charge in [0.05, 0.1) is 0 Å². The van der Waals surface area contributed by atoms with Crippen LogP contribution in [-0.2, 0) is 6.42 Å². The zero-order valence-electron chi connectivity index (χ0n) is 10.5. The van der Waals surface area contributed by atoms with Crippen molar-refractivity contribution in [2.45, 2.75) is 12.5 Å². The first-order valence-corrected chi connectivity index (χ1v) is 6.76. The highest BCUT2D eigenvalue weighted by Gasteiger charge is 2.17. The summed E-state index contributed by atoms with van der Waals surface area (Å²) in [6.45, 7) is 0. The van der Waals surface area contributed by atoms with Crippen LogP contribution in [0.1, 0.15) is 17.2 Å². The molecule has 1 atom stereocenters. The molecule has 19 heavy (non-hydrogen) atoms. The second-order valence-corrected chi connectivity index (χ2v) is 5.23. The lowest BCUT2D eigenvalue weighted by Crippen LogP contribution is -2.20. The summed E-state index contributed by atoms with van der Waals surface area (Å²) in [6.07, 6.45) is 0.601. The summed E-state index contributed by atoms with van der Waals surface area (Å²) in [4.78, 5) is 0. The number of nitrogens with one attached hydrogen (secondary N) is 1. The van der Waals surface area contributed by atoms with E-state index in [-0.39, 0.29) is 6.04 Å². The van der Waals surface area contributed by atoms with Crippen LogP contribution in [-0.4, -0.2) is 7.05 Å². The van der Waals surface area contributed by atoms with Crippen molar-refractivity contribution in [1.29, 1.82) is 0 Å². The van der Waals surface area contributed by atoms with Gasteiger partial charge in [-0.05, 0) is 37.2 Å². The van der Waals surface area contributed by atoms with Crippen LogP contribution in [0.5, 0.6) is 0 Å². The highest BCUT2D eigenvalue weighted by Crippen LogP contribution is 2.23. The fourth-order valence-electron chi connectivity index (χ4n) is 2.01. The first-order chi connectivity index (χ1) is 9.11. The molecule has 0 aliphatic carbocycles. The maximum absolute atomic E-state index is 13.8. The third-order valence-corrected chi connectivity index (χ3v) is 3.59. The lowest BCUT2D eigenvalue weighted by molar-refractivity contribution is 0.473. The van der Waals surface area contributed by atoms with E-state index in [1.54, 1.807) is 13.1 Å². The molecular formula is C15H14BrF2N. The molecule has 0 spiro atoms. The van der Waals surface area contributed by atoms with E-state index in [1.165, 1.54) is 6.07 Å². The van der Waals surface area contributed by atoms with Crippen LogP contribution in [0.4, 0.5) is 8.78 Å². The van der Waals surface area contributed by atoms with Crippen molar-refractivity contribution in [3.63, 3.8) is 0 Å². The van der Waals surface area contributed by atoms with Gasteiger partial charge in [-0.3, -0.25) is 0 Å². The molecule has 100 valence electrons. The molecule has 0 saturated heterocycles. The Morgan fingerprint density at radius 1 is 1.11 bits per heavy atom. The number of likely N-dealkylation sites (N-methyl/N-ethyl adjacent to an activating group) is 1. The third kappa shape index (κ3) is 3.39. The van der Waals surface area contributed by atoms with E-state index in [1.807, 2.05) is 24.3 Å². The Labute approximate surface area is 119 Å². The molecular weight excluding hydrogens is 312 g/mol. The van der Waals surface area contributed by atoms with Gasteiger partial charge in [-0.1, -0.05) is 40.2 Å². The zero-order chi connectivity index (χ0) is 13.8. The first kappa shape index (κ1) is 14.2. The summed E-state index contributed by atoms with van der Waals surface area (Å²) in [6, 6.07) is 11.8. The van der Waals surface area contributed by atoms with Crippen LogP contribution in [0.15, 0.2) is 46.9 Å². The molecule has 2 aromatic rings. The van der Waals surface area contributed by atoms with Gasteiger partial charge in [0.2, 0.25) is 0 Å². The van der Waals surface area contributed by atoms with Crippen molar-refractivity contribution in [3.05, 3.63) is 69.7 Å².